The van der Waals surface area contributed by atoms with Gasteiger partial charge in [-0.25, -0.2) is 4.99 Å². The number of benzene rings is 3. The van der Waals surface area contributed by atoms with Crippen LogP contribution in [-0.2, 0) is 9.47 Å². The lowest BCUT2D eigenvalue weighted by Crippen LogP contribution is -2.36. The monoisotopic (exact) mass is 606 g/mol. The number of nitrogens with two attached hydrogens (primary N) is 1. The van der Waals surface area contributed by atoms with E-state index >= 15 is 0 Å². The van der Waals surface area contributed by atoms with Crippen molar-refractivity contribution in [2.24, 2.45) is 10.7 Å². The van der Waals surface area contributed by atoms with E-state index in [9.17, 15) is 4.79 Å². The molecular formula is C32H32Cl2N4O4. The maximum absolute atomic E-state index is 13.5. The van der Waals surface area contributed by atoms with Crippen molar-refractivity contribution in [1.82, 2.24) is 4.90 Å². The fraction of sp³-hybridized carbons (Fsp3) is 0.281. The largest absolute Gasteiger partial charge is 0.455 e. The first-order chi connectivity index (χ1) is 20.3. The predicted molar refractivity (Wildman–Crippen MR) is 168 cm³/mol. The zero-order chi connectivity index (χ0) is 29.8. The standard InChI is InChI=1S/C32H32Cl2N4O4/c1-3-40-14-12-38(13-15-41-4-2)32(39)20-10-7-11-22(16-20)42-29-26-21(18-24(33)28(29)34)17-23-27(31(36)37-30(23)35)25(26)19-8-5-6-9-19/h5-11,16-19H,3-4,12-15H2,1-2H3,(H3,35,36,37). The van der Waals surface area contributed by atoms with E-state index in [2.05, 4.69) is 4.99 Å². The summed E-state index contributed by atoms with van der Waals surface area (Å²) in [5.74, 6) is 0.812. The third kappa shape index (κ3) is 5.94. The molecule has 3 aromatic rings. The molecule has 1 aliphatic carbocycles. The lowest BCUT2D eigenvalue weighted by Gasteiger charge is -2.23. The molecule has 1 aliphatic heterocycles. The predicted octanol–water partition coefficient (Wildman–Crippen LogP) is 6.71. The summed E-state index contributed by atoms with van der Waals surface area (Å²) in [5.41, 5.74) is 8.92. The molecule has 0 saturated carbocycles. The first kappa shape index (κ1) is 29.8. The third-order valence-electron chi connectivity index (χ3n) is 7.15. The molecule has 0 atom stereocenters. The van der Waals surface area contributed by atoms with Gasteiger partial charge in [-0.05, 0) is 55.1 Å². The Morgan fingerprint density at radius 3 is 2.40 bits per heavy atom. The molecule has 0 spiro atoms. The molecule has 2 aliphatic rings. The minimum absolute atomic E-state index is 0.0922. The summed E-state index contributed by atoms with van der Waals surface area (Å²) in [4.78, 5) is 19.5. The molecule has 0 radical (unpaired) electrons. The Morgan fingerprint density at radius 1 is 1.05 bits per heavy atom. The number of fused-ring (bicyclic) bond motifs is 2. The number of halogens is 2. The summed E-state index contributed by atoms with van der Waals surface area (Å²) < 4.78 is 17.5. The number of nitrogens with one attached hydrogen (secondary N) is 1. The Kier molecular flexibility index (Phi) is 9.28. The maximum Gasteiger partial charge on any atom is 0.254 e. The molecule has 5 rings (SSSR count). The van der Waals surface area contributed by atoms with Crippen LogP contribution >= 0.6 is 23.2 Å². The molecule has 3 aromatic carbocycles. The molecule has 42 heavy (non-hydrogen) atoms. The van der Waals surface area contributed by atoms with Crippen LogP contribution in [0.15, 0.2) is 65.7 Å². The zero-order valence-electron chi connectivity index (χ0n) is 23.5. The van der Waals surface area contributed by atoms with Gasteiger partial charge in [0.25, 0.3) is 5.91 Å². The Balaban J connectivity index is 1.57. The summed E-state index contributed by atoms with van der Waals surface area (Å²) in [6.07, 6.45) is 7.99. The van der Waals surface area contributed by atoms with Crippen LogP contribution in [0.4, 0.5) is 0 Å². The van der Waals surface area contributed by atoms with Gasteiger partial charge in [0.2, 0.25) is 0 Å². The van der Waals surface area contributed by atoms with Gasteiger partial charge in [0, 0.05) is 54.3 Å². The highest BCUT2D eigenvalue weighted by Crippen LogP contribution is 2.47. The molecular weight excluding hydrogens is 575 g/mol. The maximum atomic E-state index is 13.5. The number of hydrogen-bond acceptors (Lipinski definition) is 6. The molecule has 8 nitrogen and oxygen atoms in total. The number of nitrogens with zero attached hydrogens (tertiary/aromatic N) is 2. The number of amidine groups is 2. The average Bonchev–Trinajstić information content (AvgIpc) is 3.61. The summed E-state index contributed by atoms with van der Waals surface area (Å²) in [6.45, 7) is 6.70. The van der Waals surface area contributed by atoms with Crippen LogP contribution in [0.2, 0.25) is 10.0 Å². The minimum atomic E-state index is -0.163. The van der Waals surface area contributed by atoms with Gasteiger partial charge in [0.05, 0.1) is 18.2 Å². The van der Waals surface area contributed by atoms with Crippen LogP contribution in [0.3, 0.4) is 0 Å². The van der Waals surface area contributed by atoms with Gasteiger partial charge in [0.15, 0.2) is 11.6 Å². The number of aliphatic imine (C=N–C) groups is 1. The van der Waals surface area contributed by atoms with Crippen molar-refractivity contribution >= 4 is 51.6 Å². The van der Waals surface area contributed by atoms with Crippen LogP contribution in [-0.4, -0.2) is 62.0 Å². The van der Waals surface area contributed by atoms with Crippen LogP contribution in [0.5, 0.6) is 11.5 Å². The van der Waals surface area contributed by atoms with E-state index in [1.54, 1.807) is 35.2 Å². The smallest absolute Gasteiger partial charge is 0.254 e. The van der Waals surface area contributed by atoms with E-state index in [1.807, 2.05) is 44.2 Å². The lowest BCUT2D eigenvalue weighted by atomic mass is 9.86. The number of amides is 1. The van der Waals surface area contributed by atoms with E-state index in [4.69, 9.17) is 48.6 Å². The van der Waals surface area contributed by atoms with E-state index in [1.165, 1.54) is 0 Å². The van der Waals surface area contributed by atoms with Gasteiger partial charge in [-0.2, -0.15) is 0 Å². The second-order valence-electron chi connectivity index (χ2n) is 9.77. The van der Waals surface area contributed by atoms with Crippen molar-refractivity contribution < 1.29 is 19.0 Å². The molecule has 1 amide bonds. The van der Waals surface area contributed by atoms with Gasteiger partial charge >= 0.3 is 0 Å². The van der Waals surface area contributed by atoms with Crippen LogP contribution in [0.1, 0.15) is 46.8 Å². The average molecular weight is 608 g/mol. The quantitative estimate of drug-likeness (QED) is 0.223. The number of carbonyl (C=O) groups excluding carboxylic acids is 1. The molecule has 0 unspecified atom stereocenters. The number of hydrogen-bond donors (Lipinski definition) is 2. The highest BCUT2D eigenvalue weighted by Gasteiger charge is 2.30. The Labute approximate surface area is 254 Å². The lowest BCUT2D eigenvalue weighted by molar-refractivity contribution is 0.0550. The first-order valence-electron chi connectivity index (χ1n) is 13.8. The number of carbonyl (C=O) groups is 1. The minimum Gasteiger partial charge on any atom is -0.455 e. The van der Waals surface area contributed by atoms with Crippen LogP contribution < -0.4 is 10.5 Å². The number of ether oxygens (including phenoxy) is 3. The molecule has 10 heteroatoms. The topological polar surface area (TPSA) is 110 Å². The van der Waals surface area contributed by atoms with E-state index in [-0.39, 0.29) is 28.5 Å². The van der Waals surface area contributed by atoms with Crippen molar-refractivity contribution in [3.8, 4) is 11.5 Å². The highest BCUT2D eigenvalue weighted by molar-refractivity contribution is 6.44. The van der Waals surface area contributed by atoms with E-state index in [0.29, 0.717) is 78.1 Å². The second kappa shape index (κ2) is 13.1. The zero-order valence-corrected chi connectivity index (χ0v) is 25.0. The van der Waals surface area contributed by atoms with Crippen molar-refractivity contribution in [3.05, 3.63) is 93.0 Å². The molecule has 3 N–H and O–H groups in total. The van der Waals surface area contributed by atoms with Crippen LogP contribution in [0.25, 0.3) is 10.8 Å². The third-order valence-corrected chi connectivity index (χ3v) is 7.92. The second-order valence-corrected chi connectivity index (χ2v) is 10.6. The van der Waals surface area contributed by atoms with Crippen LogP contribution in [0, 0.1) is 5.41 Å². The van der Waals surface area contributed by atoms with Crippen molar-refractivity contribution in [2.75, 3.05) is 39.5 Å². The van der Waals surface area contributed by atoms with Gasteiger partial charge in [-0.1, -0.05) is 53.6 Å². The first-order valence-corrected chi connectivity index (χ1v) is 14.6. The fourth-order valence-corrected chi connectivity index (χ4v) is 5.60. The van der Waals surface area contributed by atoms with Crippen molar-refractivity contribution in [3.63, 3.8) is 0 Å². The van der Waals surface area contributed by atoms with Gasteiger partial charge in [-0.15, -0.1) is 0 Å². The van der Waals surface area contributed by atoms with Gasteiger partial charge in [0.1, 0.15) is 16.6 Å². The fourth-order valence-electron chi connectivity index (χ4n) is 5.21. The Bertz CT molecular complexity index is 1610. The molecule has 218 valence electrons. The normalized spacial score (nSPS) is 14.1. The molecule has 0 fully saturated rings. The molecule has 0 saturated heterocycles. The SMILES string of the molecule is CCOCCN(CCOCC)C(=O)c1cccc(Oc2c(Cl)c(Cl)cc3cc4c(c(C5C=CC=C5)c23)C(N)=NC4=N)c1. The summed E-state index contributed by atoms with van der Waals surface area (Å²) in [6, 6.07) is 10.6. The van der Waals surface area contributed by atoms with Gasteiger partial charge < -0.3 is 24.8 Å². The summed E-state index contributed by atoms with van der Waals surface area (Å²) in [7, 11) is 0. The van der Waals surface area contributed by atoms with E-state index < -0.39 is 0 Å². The highest BCUT2D eigenvalue weighted by atomic mass is 35.5. The molecule has 1 heterocycles. The summed E-state index contributed by atoms with van der Waals surface area (Å²) in [5, 5.41) is 10.4. The van der Waals surface area contributed by atoms with E-state index in [0.717, 1.165) is 10.9 Å². The number of allylic oxidation sites excluding steroid dienone is 4. The Morgan fingerprint density at radius 2 is 1.74 bits per heavy atom. The number of rotatable bonds is 12. The van der Waals surface area contributed by atoms with Gasteiger partial charge in [-0.3, -0.25) is 10.2 Å². The molecule has 0 aromatic heterocycles. The molecule has 0 bridgehead atoms. The van der Waals surface area contributed by atoms with Crippen molar-refractivity contribution in [2.45, 2.75) is 19.8 Å². The summed E-state index contributed by atoms with van der Waals surface area (Å²) >= 11 is 13.4. The van der Waals surface area contributed by atoms with Crippen molar-refractivity contribution in [1.29, 1.82) is 5.41 Å². The Hall–Kier alpha value is -3.69.